The van der Waals surface area contributed by atoms with Crippen LogP contribution < -0.4 is 5.32 Å². The van der Waals surface area contributed by atoms with E-state index in [1.807, 2.05) is 0 Å². The van der Waals surface area contributed by atoms with Crippen molar-refractivity contribution in [2.24, 2.45) is 0 Å². The van der Waals surface area contributed by atoms with Gasteiger partial charge in [-0.1, -0.05) is 18.2 Å². The van der Waals surface area contributed by atoms with Gasteiger partial charge in [-0.05, 0) is 35.9 Å². The second-order valence-corrected chi connectivity index (χ2v) is 7.21. The monoisotopic (exact) mass is 396 g/mol. The van der Waals surface area contributed by atoms with Gasteiger partial charge in [-0.3, -0.25) is 9.59 Å². The average molecular weight is 396 g/mol. The van der Waals surface area contributed by atoms with E-state index in [2.05, 4.69) is 5.32 Å². The molecule has 0 saturated heterocycles. The van der Waals surface area contributed by atoms with E-state index in [1.165, 1.54) is 28.4 Å². The van der Waals surface area contributed by atoms with Gasteiger partial charge in [0.15, 0.2) is 0 Å². The maximum absolute atomic E-state index is 13.2. The van der Waals surface area contributed by atoms with Crippen molar-refractivity contribution in [1.82, 2.24) is 10.2 Å². The van der Waals surface area contributed by atoms with Gasteiger partial charge in [-0.2, -0.15) is 24.5 Å². The molecule has 1 saturated carbocycles. The molecular formula is C19H19F3N2O2S. The second kappa shape index (κ2) is 8.12. The SMILES string of the molecule is O=C(NCCC(=O)N(Cc1ccccc1C(F)(F)F)C1CC1)c1ccsc1. The normalized spacial score (nSPS) is 14.0. The molecular weight excluding hydrogens is 377 g/mol. The van der Waals surface area contributed by atoms with Gasteiger partial charge in [0, 0.05) is 36.5 Å². The molecule has 8 heteroatoms. The highest BCUT2D eigenvalue weighted by Gasteiger charge is 2.36. The van der Waals surface area contributed by atoms with Gasteiger partial charge in [0.1, 0.15) is 0 Å². The summed E-state index contributed by atoms with van der Waals surface area (Å²) in [5, 5.41) is 6.16. The summed E-state index contributed by atoms with van der Waals surface area (Å²) < 4.78 is 39.6. The molecule has 1 fully saturated rings. The minimum Gasteiger partial charge on any atom is -0.351 e. The van der Waals surface area contributed by atoms with Crippen molar-refractivity contribution in [2.45, 2.75) is 38.0 Å². The van der Waals surface area contributed by atoms with E-state index in [-0.39, 0.29) is 42.9 Å². The standard InChI is InChI=1S/C19H19F3N2O2S/c20-19(21,22)16-4-2-1-3-13(16)11-24(15-5-6-15)17(25)7-9-23-18(26)14-8-10-27-12-14/h1-4,8,10,12,15H,5-7,9,11H2,(H,23,26). The lowest BCUT2D eigenvalue weighted by Crippen LogP contribution is -2.36. The van der Waals surface area contributed by atoms with Gasteiger partial charge in [-0.25, -0.2) is 0 Å². The predicted molar refractivity (Wildman–Crippen MR) is 96.3 cm³/mol. The molecule has 0 radical (unpaired) electrons. The summed E-state index contributed by atoms with van der Waals surface area (Å²) in [6, 6.07) is 6.99. The molecule has 1 aliphatic carbocycles. The highest BCUT2D eigenvalue weighted by atomic mass is 32.1. The molecule has 1 aliphatic rings. The number of halogens is 3. The Morgan fingerprint density at radius 1 is 1.19 bits per heavy atom. The Balaban J connectivity index is 1.61. The summed E-state index contributed by atoms with van der Waals surface area (Å²) >= 11 is 1.40. The molecule has 0 bridgehead atoms. The van der Waals surface area contributed by atoms with Crippen molar-refractivity contribution in [3.05, 3.63) is 57.8 Å². The molecule has 4 nitrogen and oxygen atoms in total. The lowest BCUT2D eigenvalue weighted by Gasteiger charge is -2.24. The number of hydrogen-bond donors (Lipinski definition) is 1. The molecule has 27 heavy (non-hydrogen) atoms. The van der Waals surface area contributed by atoms with E-state index in [4.69, 9.17) is 0 Å². The van der Waals surface area contributed by atoms with Crippen LogP contribution in [0.5, 0.6) is 0 Å². The van der Waals surface area contributed by atoms with Crippen LogP contribution in [-0.2, 0) is 17.5 Å². The Hall–Kier alpha value is -2.35. The third-order valence-electron chi connectivity index (χ3n) is 4.38. The van der Waals surface area contributed by atoms with Gasteiger partial charge < -0.3 is 10.2 Å². The van der Waals surface area contributed by atoms with Crippen molar-refractivity contribution < 1.29 is 22.8 Å². The second-order valence-electron chi connectivity index (χ2n) is 6.43. The molecule has 0 atom stereocenters. The zero-order valence-corrected chi connectivity index (χ0v) is 15.3. The first-order chi connectivity index (χ1) is 12.9. The number of nitrogens with zero attached hydrogens (tertiary/aromatic N) is 1. The Bertz CT molecular complexity index is 802. The molecule has 3 rings (SSSR count). The first-order valence-electron chi connectivity index (χ1n) is 8.61. The molecule has 0 aliphatic heterocycles. The molecule has 1 N–H and O–H groups in total. The van der Waals surface area contributed by atoms with Gasteiger partial charge in [0.05, 0.1) is 5.56 Å². The fourth-order valence-corrected chi connectivity index (χ4v) is 3.48. The van der Waals surface area contributed by atoms with Crippen molar-refractivity contribution in [3.63, 3.8) is 0 Å². The third kappa shape index (κ3) is 5.09. The van der Waals surface area contributed by atoms with E-state index in [0.29, 0.717) is 5.56 Å². The van der Waals surface area contributed by atoms with Crippen LogP contribution in [0.4, 0.5) is 13.2 Å². The van der Waals surface area contributed by atoms with Crippen molar-refractivity contribution in [3.8, 4) is 0 Å². The number of hydrogen-bond acceptors (Lipinski definition) is 3. The summed E-state index contributed by atoms with van der Waals surface area (Å²) in [6.45, 7) is 0.0787. The first-order valence-corrected chi connectivity index (χ1v) is 9.55. The largest absolute Gasteiger partial charge is 0.416 e. The fraction of sp³-hybridized carbons (Fsp3) is 0.368. The summed E-state index contributed by atoms with van der Waals surface area (Å²) in [5.74, 6) is -0.510. The van der Waals surface area contributed by atoms with Gasteiger partial charge in [0.2, 0.25) is 5.91 Å². The topological polar surface area (TPSA) is 49.4 Å². The number of rotatable bonds is 7. The number of carbonyl (C=O) groups excluding carboxylic acids is 2. The Morgan fingerprint density at radius 2 is 1.93 bits per heavy atom. The van der Waals surface area contributed by atoms with Crippen LogP contribution in [-0.4, -0.2) is 29.3 Å². The zero-order chi connectivity index (χ0) is 19.4. The van der Waals surface area contributed by atoms with Gasteiger partial charge >= 0.3 is 6.18 Å². The van der Waals surface area contributed by atoms with E-state index in [1.54, 1.807) is 22.9 Å². The molecule has 0 spiro atoms. The van der Waals surface area contributed by atoms with Crippen LogP contribution in [0.2, 0.25) is 0 Å². The fourth-order valence-electron chi connectivity index (χ4n) is 2.85. The Morgan fingerprint density at radius 3 is 2.56 bits per heavy atom. The maximum atomic E-state index is 13.2. The minimum atomic E-state index is -4.45. The van der Waals surface area contributed by atoms with Crippen molar-refractivity contribution in [1.29, 1.82) is 0 Å². The van der Waals surface area contributed by atoms with Gasteiger partial charge in [-0.15, -0.1) is 0 Å². The van der Waals surface area contributed by atoms with Crippen molar-refractivity contribution in [2.75, 3.05) is 6.54 Å². The van der Waals surface area contributed by atoms with E-state index < -0.39 is 11.7 Å². The molecule has 144 valence electrons. The summed E-state index contributed by atoms with van der Waals surface area (Å²) in [5.41, 5.74) is -0.0904. The van der Waals surface area contributed by atoms with E-state index in [9.17, 15) is 22.8 Å². The maximum Gasteiger partial charge on any atom is 0.416 e. The molecule has 2 aromatic rings. The van der Waals surface area contributed by atoms with Crippen LogP contribution >= 0.6 is 11.3 Å². The molecule has 2 amide bonds. The van der Waals surface area contributed by atoms with E-state index in [0.717, 1.165) is 18.9 Å². The summed E-state index contributed by atoms with van der Waals surface area (Å²) in [4.78, 5) is 25.9. The number of nitrogens with one attached hydrogen (secondary N) is 1. The molecule has 1 heterocycles. The van der Waals surface area contributed by atoms with Crippen LogP contribution in [0.25, 0.3) is 0 Å². The lowest BCUT2D eigenvalue weighted by molar-refractivity contribution is -0.140. The highest BCUT2D eigenvalue weighted by Crippen LogP contribution is 2.35. The number of alkyl halides is 3. The highest BCUT2D eigenvalue weighted by molar-refractivity contribution is 7.08. The van der Waals surface area contributed by atoms with Crippen LogP contribution in [0, 0.1) is 0 Å². The first kappa shape index (κ1) is 19.4. The Labute approximate surface area is 159 Å². The van der Waals surface area contributed by atoms with Crippen LogP contribution in [0.1, 0.15) is 40.7 Å². The van der Waals surface area contributed by atoms with E-state index >= 15 is 0 Å². The van der Waals surface area contributed by atoms with Crippen molar-refractivity contribution >= 4 is 23.2 Å². The lowest BCUT2D eigenvalue weighted by atomic mass is 10.1. The number of thiophene rings is 1. The minimum absolute atomic E-state index is 0.0219. The predicted octanol–water partition coefficient (Wildman–Crippen LogP) is 4.08. The smallest absolute Gasteiger partial charge is 0.351 e. The molecule has 1 aromatic heterocycles. The Kier molecular flexibility index (Phi) is 5.84. The van der Waals surface area contributed by atoms with Gasteiger partial charge in [0.25, 0.3) is 5.91 Å². The molecule has 1 aromatic carbocycles. The van der Waals surface area contributed by atoms with Crippen LogP contribution in [0.3, 0.4) is 0 Å². The molecule has 0 unspecified atom stereocenters. The number of amides is 2. The number of benzene rings is 1. The van der Waals surface area contributed by atoms with Crippen LogP contribution in [0.15, 0.2) is 41.1 Å². The summed E-state index contributed by atoms with van der Waals surface area (Å²) in [7, 11) is 0. The average Bonchev–Trinajstić information content (AvgIpc) is 3.31. The number of carbonyl (C=O) groups is 2. The third-order valence-corrected chi connectivity index (χ3v) is 5.06. The quantitative estimate of drug-likeness (QED) is 0.767. The zero-order valence-electron chi connectivity index (χ0n) is 14.5. The summed E-state index contributed by atoms with van der Waals surface area (Å²) in [6.07, 6.45) is -2.81.